The summed E-state index contributed by atoms with van der Waals surface area (Å²) in [7, 11) is -7.81. The number of aromatic nitrogens is 2. The zero-order valence-corrected chi connectivity index (χ0v) is 22.5. The largest absolute Gasteiger partial charge is 0.351 e. The normalized spacial score (nSPS) is 12.1. The van der Waals surface area contributed by atoms with Crippen molar-refractivity contribution in [3.05, 3.63) is 82.8 Å². The van der Waals surface area contributed by atoms with Gasteiger partial charge in [-0.05, 0) is 73.9 Å². The molecule has 0 fully saturated rings. The molecule has 194 valence electrons. The Bertz CT molecular complexity index is 1660. The van der Waals surface area contributed by atoms with Crippen molar-refractivity contribution in [2.75, 3.05) is 13.1 Å². The van der Waals surface area contributed by atoms with Crippen molar-refractivity contribution >= 4 is 48.3 Å². The summed E-state index contributed by atoms with van der Waals surface area (Å²) < 4.78 is 54.5. The number of fused-ring (bicyclic) bond motifs is 1. The van der Waals surface area contributed by atoms with E-state index in [4.69, 9.17) is 11.6 Å². The zero-order chi connectivity index (χ0) is 26.8. The van der Waals surface area contributed by atoms with Crippen molar-refractivity contribution < 1.29 is 21.6 Å². The number of nitrogens with zero attached hydrogens (tertiary/aromatic N) is 1. The number of aromatic amines is 1. The van der Waals surface area contributed by atoms with Gasteiger partial charge >= 0.3 is 0 Å². The summed E-state index contributed by atoms with van der Waals surface area (Å²) in [5, 5.41) is 3.31. The topological polar surface area (TPSA) is 138 Å². The summed E-state index contributed by atoms with van der Waals surface area (Å²) in [6.07, 6.45) is 2.99. The molecular formula is C25H25ClN4O5S2. The second-order valence-electron chi connectivity index (χ2n) is 8.54. The first-order valence-corrected chi connectivity index (χ1v) is 14.7. The minimum atomic E-state index is -4.09. The molecule has 0 saturated heterocycles. The molecule has 2 aromatic carbocycles. The first kappa shape index (κ1) is 26.8. The average molecular weight is 561 g/mol. The molecule has 0 saturated carbocycles. The minimum Gasteiger partial charge on any atom is -0.351 e. The van der Waals surface area contributed by atoms with Crippen LogP contribution in [-0.4, -0.2) is 45.8 Å². The predicted octanol–water partition coefficient (Wildman–Crippen LogP) is 3.76. The van der Waals surface area contributed by atoms with E-state index in [1.165, 1.54) is 30.6 Å². The highest BCUT2D eigenvalue weighted by Gasteiger charge is 2.30. The predicted molar refractivity (Wildman–Crippen MR) is 141 cm³/mol. The van der Waals surface area contributed by atoms with Gasteiger partial charge in [0.25, 0.3) is 5.91 Å². The fourth-order valence-electron chi connectivity index (χ4n) is 3.96. The van der Waals surface area contributed by atoms with Gasteiger partial charge in [0.2, 0.25) is 19.9 Å². The monoisotopic (exact) mass is 560 g/mol. The maximum Gasteiger partial charge on any atom is 0.269 e. The van der Waals surface area contributed by atoms with Crippen molar-refractivity contribution in [1.29, 1.82) is 0 Å². The van der Waals surface area contributed by atoms with Crippen LogP contribution >= 0.6 is 11.6 Å². The first-order valence-electron chi connectivity index (χ1n) is 11.3. The number of halogens is 1. The van der Waals surface area contributed by atoms with Gasteiger partial charge in [-0.15, -0.1) is 0 Å². The number of hydrogen-bond donors (Lipinski definition) is 3. The van der Waals surface area contributed by atoms with Crippen LogP contribution in [0.4, 0.5) is 0 Å². The van der Waals surface area contributed by atoms with E-state index in [0.29, 0.717) is 15.9 Å². The molecule has 1 amide bonds. The molecule has 37 heavy (non-hydrogen) atoms. The maximum atomic E-state index is 13.7. The maximum absolute atomic E-state index is 13.7. The molecule has 4 rings (SSSR count). The standard InChI is InChI=1S/C25H25ClN4O5S2/c1-16-11-17(2)13-20(12-16)36(32,33)24-21-14-18(26)6-7-22(21)30-23(24)25(31)28-9-4-10-29-37(34,35)19-5-3-8-27-15-19/h3,5-8,11-15,29-30H,4,9-10H2,1-2H3,(H,28,31). The summed E-state index contributed by atoms with van der Waals surface area (Å²) in [4.78, 5) is 19.8. The third kappa shape index (κ3) is 5.85. The number of aryl methyl sites for hydroxylation is 2. The Hall–Kier alpha value is -3.25. The van der Waals surface area contributed by atoms with Crippen LogP contribution in [0.25, 0.3) is 10.9 Å². The van der Waals surface area contributed by atoms with Gasteiger partial charge in [-0.25, -0.2) is 21.6 Å². The second-order valence-corrected chi connectivity index (χ2v) is 12.6. The number of rotatable bonds is 9. The van der Waals surface area contributed by atoms with E-state index in [2.05, 4.69) is 20.0 Å². The summed E-state index contributed by atoms with van der Waals surface area (Å²) in [5.74, 6) is -0.634. The lowest BCUT2D eigenvalue weighted by molar-refractivity contribution is 0.0946. The Labute approximate surface area is 220 Å². The van der Waals surface area contributed by atoms with Gasteiger partial charge in [0, 0.05) is 41.4 Å². The van der Waals surface area contributed by atoms with E-state index in [0.717, 1.165) is 11.1 Å². The van der Waals surface area contributed by atoms with Crippen molar-refractivity contribution in [3.63, 3.8) is 0 Å². The number of hydrogen-bond acceptors (Lipinski definition) is 6. The number of sulfone groups is 1. The van der Waals surface area contributed by atoms with Crippen LogP contribution < -0.4 is 10.0 Å². The Balaban J connectivity index is 1.56. The van der Waals surface area contributed by atoms with Crippen LogP contribution in [-0.2, 0) is 19.9 Å². The smallest absolute Gasteiger partial charge is 0.269 e. The number of carbonyl (C=O) groups excluding carboxylic acids is 1. The molecule has 0 aliphatic heterocycles. The molecule has 9 nitrogen and oxygen atoms in total. The van der Waals surface area contributed by atoms with Crippen LogP contribution in [0.5, 0.6) is 0 Å². The molecule has 0 aliphatic rings. The van der Waals surface area contributed by atoms with Crippen LogP contribution in [0.2, 0.25) is 5.02 Å². The molecule has 2 heterocycles. The molecule has 0 atom stereocenters. The third-order valence-corrected chi connectivity index (χ3v) is 9.09. The number of benzene rings is 2. The Morgan fingerprint density at radius 3 is 2.38 bits per heavy atom. The van der Waals surface area contributed by atoms with E-state index in [1.54, 1.807) is 38.1 Å². The van der Waals surface area contributed by atoms with E-state index in [-0.39, 0.29) is 39.9 Å². The third-order valence-electron chi connectivity index (χ3n) is 5.59. The molecule has 0 bridgehead atoms. The Kier molecular flexibility index (Phi) is 7.69. The number of carbonyl (C=O) groups is 1. The van der Waals surface area contributed by atoms with Crippen molar-refractivity contribution in [3.8, 4) is 0 Å². The number of amides is 1. The Morgan fingerprint density at radius 1 is 0.973 bits per heavy atom. The summed E-state index contributed by atoms with van der Waals surface area (Å²) >= 11 is 6.16. The molecule has 0 radical (unpaired) electrons. The summed E-state index contributed by atoms with van der Waals surface area (Å²) in [5.41, 5.74) is 1.88. The second kappa shape index (κ2) is 10.6. The zero-order valence-electron chi connectivity index (χ0n) is 20.1. The Morgan fingerprint density at radius 2 is 1.70 bits per heavy atom. The van der Waals surface area contributed by atoms with E-state index < -0.39 is 25.8 Å². The molecule has 0 spiro atoms. The van der Waals surface area contributed by atoms with Gasteiger partial charge in [0.05, 0.1) is 4.90 Å². The summed E-state index contributed by atoms with van der Waals surface area (Å²) in [6, 6.07) is 12.6. The quantitative estimate of drug-likeness (QED) is 0.266. The lowest BCUT2D eigenvalue weighted by Crippen LogP contribution is -2.30. The fraction of sp³-hybridized carbons (Fsp3) is 0.200. The van der Waals surface area contributed by atoms with E-state index in [9.17, 15) is 21.6 Å². The van der Waals surface area contributed by atoms with Crippen molar-refractivity contribution in [1.82, 2.24) is 20.0 Å². The molecule has 0 unspecified atom stereocenters. The highest BCUT2D eigenvalue weighted by atomic mass is 35.5. The highest BCUT2D eigenvalue weighted by Crippen LogP contribution is 2.34. The van der Waals surface area contributed by atoms with Gasteiger partial charge in [-0.2, -0.15) is 0 Å². The van der Waals surface area contributed by atoms with Crippen LogP contribution in [0, 0.1) is 13.8 Å². The van der Waals surface area contributed by atoms with Gasteiger partial charge < -0.3 is 10.3 Å². The number of H-pyrrole nitrogens is 1. The molecule has 2 aromatic heterocycles. The first-order chi connectivity index (χ1) is 17.5. The molecule has 3 N–H and O–H groups in total. The van der Waals surface area contributed by atoms with Gasteiger partial charge in [0.15, 0.2) is 0 Å². The van der Waals surface area contributed by atoms with Gasteiger partial charge in [0.1, 0.15) is 15.5 Å². The summed E-state index contributed by atoms with van der Waals surface area (Å²) in [6.45, 7) is 3.77. The number of sulfonamides is 1. The minimum absolute atomic E-state index is 0.0389. The van der Waals surface area contributed by atoms with Crippen molar-refractivity contribution in [2.24, 2.45) is 0 Å². The SMILES string of the molecule is Cc1cc(C)cc(S(=O)(=O)c2c(C(=O)NCCCNS(=O)(=O)c3cccnc3)[nH]c3ccc(Cl)cc23)c1. The van der Waals surface area contributed by atoms with Crippen LogP contribution in [0.1, 0.15) is 28.0 Å². The molecule has 4 aromatic rings. The molecule has 12 heteroatoms. The highest BCUT2D eigenvalue weighted by molar-refractivity contribution is 7.91. The number of pyridine rings is 1. The lowest BCUT2D eigenvalue weighted by Gasteiger charge is -2.10. The molecular weight excluding hydrogens is 536 g/mol. The molecule has 0 aliphatic carbocycles. The van der Waals surface area contributed by atoms with Gasteiger partial charge in [-0.3, -0.25) is 9.78 Å². The fourth-order valence-corrected chi connectivity index (χ4v) is 6.96. The number of nitrogens with one attached hydrogen (secondary N) is 3. The van der Waals surface area contributed by atoms with Crippen LogP contribution in [0.15, 0.2) is 75.6 Å². The van der Waals surface area contributed by atoms with Gasteiger partial charge in [-0.1, -0.05) is 17.7 Å². The lowest BCUT2D eigenvalue weighted by atomic mass is 10.2. The van der Waals surface area contributed by atoms with E-state index >= 15 is 0 Å². The van der Waals surface area contributed by atoms with E-state index in [1.807, 2.05) is 6.07 Å². The average Bonchev–Trinajstić information content (AvgIpc) is 3.23. The van der Waals surface area contributed by atoms with Crippen molar-refractivity contribution in [2.45, 2.75) is 35.0 Å². The van der Waals surface area contributed by atoms with Crippen LogP contribution in [0.3, 0.4) is 0 Å².